The summed E-state index contributed by atoms with van der Waals surface area (Å²) in [6.07, 6.45) is 5.03. The first-order valence-electron chi connectivity index (χ1n) is 6.19. The van der Waals surface area contributed by atoms with Crippen molar-refractivity contribution in [3.8, 4) is 0 Å². The summed E-state index contributed by atoms with van der Waals surface area (Å²) in [6.45, 7) is 2.64. The van der Waals surface area contributed by atoms with E-state index in [1.807, 2.05) is 20.2 Å². The van der Waals surface area contributed by atoms with Gasteiger partial charge in [0, 0.05) is 12.5 Å². The number of rotatable bonds is 4. The minimum absolute atomic E-state index is 0. The fourth-order valence-corrected chi connectivity index (χ4v) is 2.32. The number of hydrogen-bond acceptors (Lipinski definition) is 3. The number of nitrogens with zero attached hydrogens (tertiary/aromatic N) is 1. The van der Waals surface area contributed by atoms with Crippen LogP contribution in [0.2, 0.25) is 0 Å². The van der Waals surface area contributed by atoms with E-state index < -0.39 is 0 Å². The van der Waals surface area contributed by atoms with Gasteiger partial charge in [-0.3, -0.25) is 9.89 Å². The average molecular weight is 273 g/mol. The first-order chi connectivity index (χ1) is 8.22. The average Bonchev–Trinajstić information content (AvgIpc) is 2.78. The monoisotopic (exact) mass is 272 g/mol. The third kappa shape index (κ3) is 3.23. The van der Waals surface area contributed by atoms with Gasteiger partial charge in [0.2, 0.25) is 5.91 Å². The number of H-pyrrole nitrogens is 1. The maximum absolute atomic E-state index is 11.9. The Balaban J connectivity index is 0.00000162. The van der Waals surface area contributed by atoms with Crippen LogP contribution in [0.1, 0.15) is 37.1 Å². The molecule has 2 rings (SSSR count). The molecule has 0 fully saturated rings. The van der Waals surface area contributed by atoms with Gasteiger partial charge in [0.15, 0.2) is 0 Å². The van der Waals surface area contributed by atoms with Gasteiger partial charge >= 0.3 is 0 Å². The van der Waals surface area contributed by atoms with Crippen LogP contribution in [0.15, 0.2) is 6.20 Å². The van der Waals surface area contributed by atoms with Gasteiger partial charge in [0.25, 0.3) is 0 Å². The molecular weight excluding hydrogens is 252 g/mol. The van der Waals surface area contributed by atoms with Crippen LogP contribution in [0.3, 0.4) is 0 Å². The Morgan fingerprint density at radius 2 is 2.44 bits per heavy atom. The predicted octanol–water partition coefficient (Wildman–Crippen LogP) is 1.18. The Morgan fingerprint density at radius 3 is 3.17 bits per heavy atom. The van der Waals surface area contributed by atoms with E-state index in [0.29, 0.717) is 6.54 Å². The summed E-state index contributed by atoms with van der Waals surface area (Å²) in [5, 5.41) is 13.2. The van der Waals surface area contributed by atoms with Crippen molar-refractivity contribution in [2.75, 3.05) is 13.6 Å². The van der Waals surface area contributed by atoms with Gasteiger partial charge in [-0.15, -0.1) is 12.4 Å². The number of carbonyl (C=O) groups is 1. The van der Waals surface area contributed by atoms with Gasteiger partial charge in [-0.1, -0.05) is 6.92 Å². The van der Waals surface area contributed by atoms with E-state index in [1.54, 1.807) is 0 Å². The van der Waals surface area contributed by atoms with Crippen molar-refractivity contribution < 1.29 is 4.79 Å². The van der Waals surface area contributed by atoms with Crippen LogP contribution >= 0.6 is 12.4 Å². The van der Waals surface area contributed by atoms with Crippen LogP contribution in [0.25, 0.3) is 0 Å². The molecule has 0 saturated heterocycles. The molecule has 0 aliphatic heterocycles. The van der Waals surface area contributed by atoms with Gasteiger partial charge in [-0.25, -0.2) is 0 Å². The molecule has 0 spiro atoms. The van der Waals surface area contributed by atoms with E-state index >= 15 is 0 Å². The summed E-state index contributed by atoms with van der Waals surface area (Å²) < 4.78 is 0. The molecule has 102 valence electrons. The largest absolute Gasteiger partial charge is 0.347 e. The molecule has 1 heterocycles. The normalized spacial score (nSPS) is 19.6. The molecule has 2 atom stereocenters. The third-order valence-corrected chi connectivity index (χ3v) is 3.31. The molecule has 1 aliphatic carbocycles. The lowest BCUT2D eigenvalue weighted by atomic mass is 9.93. The van der Waals surface area contributed by atoms with Crippen molar-refractivity contribution in [3.63, 3.8) is 0 Å². The zero-order chi connectivity index (χ0) is 12.3. The Labute approximate surface area is 114 Å². The van der Waals surface area contributed by atoms with Gasteiger partial charge < -0.3 is 10.6 Å². The molecule has 3 N–H and O–H groups in total. The smallest absolute Gasteiger partial charge is 0.224 e. The van der Waals surface area contributed by atoms with Gasteiger partial charge in [-0.05, 0) is 31.9 Å². The van der Waals surface area contributed by atoms with E-state index in [1.165, 1.54) is 5.56 Å². The number of amides is 1. The summed E-state index contributed by atoms with van der Waals surface area (Å²) >= 11 is 0. The number of aromatic amines is 1. The van der Waals surface area contributed by atoms with Crippen molar-refractivity contribution in [1.29, 1.82) is 0 Å². The number of aromatic nitrogens is 2. The lowest BCUT2D eigenvalue weighted by Gasteiger charge is -2.24. The molecule has 0 saturated carbocycles. The highest BCUT2D eigenvalue weighted by Gasteiger charge is 2.24. The van der Waals surface area contributed by atoms with Crippen LogP contribution in [0, 0.1) is 5.92 Å². The first kappa shape index (κ1) is 15.0. The zero-order valence-corrected chi connectivity index (χ0v) is 11.6. The van der Waals surface area contributed by atoms with Crippen molar-refractivity contribution in [1.82, 2.24) is 20.8 Å². The molecule has 1 amide bonds. The van der Waals surface area contributed by atoms with Crippen LogP contribution in [0.4, 0.5) is 0 Å². The third-order valence-electron chi connectivity index (χ3n) is 3.31. The number of fused-ring (bicyclic) bond motifs is 1. The molecule has 18 heavy (non-hydrogen) atoms. The van der Waals surface area contributed by atoms with E-state index in [0.717, 1.165) is 25.0 Å². The predicted molar refractivity (Wildman–Crippen MR) is 72.7 cm³/mol. The van der Waals surface area contributed by atoms with Crippen molar-refractivity contribution in [2.45, 2.75) is 32.2 Å². The second kappa shape index (κ2) is 6.75. The Bertz CT molecular complexity index is 393. The SMILES string of the molecule is CNCC(C)C(=O)NC1CCCc2cn[nH]c21.Cl. The fraction of sp³-hybridized carbons (Fsp3) is 0.667. The number of halogens is 1. The van der Waals surface area contributed by atoms with Crippen LogP contribution in [-0.2, 0) is 11.2 Å². The van der Waals surface area contributed by atoms with Crippen molar-refractivity contribution in [3.05, 3.63) is 17.5 Å². The molecule has 1 aromatic rings. The van der Waals surface area contributed by atoms with Gasteiger partial charge in [0.05, 0.1) is 17.9 Å². The highest BCUT2D eigenvalue weighted by Crippen LogP contribution is 2.27. The minimum atomic E-state index is -0.00621. The number of carbonyl (C=O) groups excluding carboxylic acids is 1. The number of aryl methyl sites for hydroxylation is 1. The summed E-state index contributed by atoms with van der Waals surface area (Å²) in [7, 11) is 1.86. The minimum Gasteiger partial charge on any atom is -0.347 e. The summed E-state index contributed by atoms with van der Waals surface area (Å²) in [5.74, 6) is 0.0973. The van der Waals surface area contributed by atoms with Crippen LogP contribution in [-0.4, -0.2) is 29.7 Å². The standard InChI is InChI=1S/C12H20N4O.ClH/c1-8(6-13-2)12(17)15-10-5-3-4-9-7-14-16-11(9)10;/h7-8,10,13H,3-6H2,1-2H3,(H,14,16)(H,15,17);1H. The molecule has 0 aromatic carbocycles. The summed E-state index contributed by atoms with van der Waals surface area (Å²) in [5.41, 5.74) is 2.32. The maximum Gasteiger partial charge on any atom is 0.224 e. The second-order valence-corrected chi connectivity index (χ2v) is 4.72. The first-order valence-corrected chi connectivity index (χ1v) is 6.19. The highest BCUT2D eigenvalue weighted by molar-refractivity contribution is 5.85. The van der Waals surface area contributed by atoms with E-state index in [9.17, 15) is 4.79 Å². The van der Waals surface area contributed by atoms with Crippen LogP contribution in [0.5, 0.6) is 0 Å². The van der Waals surface area contributed by atoms with E-state index in [4.69, 9.17) is 0 Å². The molecule has 1 aliphatic rings. The van der Waals surface area contributed by atoms with Gasteiger partial charge in [-0.2, -0.15) is 5.10 Å². The fourth-order valence-electron chi connectivity index (χ4n) is 2.32. The molecular formula is C12H21ClN4O. The molecule has 2 unspecified atom stereocenters. The van der Waals surface area contributed by atoms with Crippen LogP contribution < -0.4 is 10.6 Å². The molecule has 0 bridgehead atoms. The lowest BCUT2D eigenvalue weighted by Crippen LogP contribution is -2.37. The molecule has 0 radical (unpaired) electrons. The lowest BCUT2D eigenvalue weighted by molar-refractivity contribution is -0.125. The summed E-state index contributed by atoms with van der Waals surface area (Å²) in [4.78, 5) is 11.9. The Kier molecular flexibility index (Phi) is 5.62. The summed E-state index contributed by atoms with van der Waals surface area (Å²) in [6, 6.07) is 0.105. The maximum atomic E-state index is 11.9. The van der Waals surface area contributed by atoms with Crippen molar-refractivity contribution >= 4 is 18.3 Å². The molecule has 5 nitrogen and oxygen atoms in total. The quantitative estimate of drug-likeness (QED) is 0.771. The number of hydrogen-bond donors (Lipinski definition) is 3. The molecule has 1 aromatic heterocycles. The number of nitrogens with one attached hydrogen (secondary N) is 3. The Morgan fingerprint density at radius 1 is 1.67 bits per heavy atom. The topological polar surface area (TPSA) is 69.8 Å². The Hall–Kier alpha value is -1.07. The zero-order valence-electron chi connectivity index (χ0n) is 10.8. The molecule has 6 heteroatoms. The van der Waals surface area contributed by atoms with E-state index in [2.05, 4.69) is 20.8 Å². The highest BCUT2D eigenvalue weighted by atomic mass is 35.5. The van der Waals surface area contributed by atoms with Crippen molar-refractivity contribution in [2.24, 2.45) is 5.92 Å². The van der Waals surface area contributed by atoms with Gasteiger partial charge in [0.1, 0.15) is 0 Å². The van der Waals surface area contributed by atoms with E-state index in [-0.39, 0.29) is 30.3 Å². The second-order valence-electron chi connectivity index (χ2n) is 4.72.